The van der Waals surface area contributed by atoms with Crippen LogP contribution in [0.4, 0.5) is 9.18 Å². The molecule has 0 spiro atoms. The number of hydrogen-bond donors (Lipinski definition) is 1. The quantitative estimate of drug-likeness (QED) is 0.829. The van der Waals surface area contributed by atoms with Gasteiger partial charge >= 0.3 is 12.1 Å². The van der Waals surface area contributed by atoms with Crippen LogP contribution in [0.3, 0.4) is 0 Å². The van der Waals surface area contributed by atoms with E-state index in [1.165, 1.54) is 18.2 Å². The molecular formula is C18H19FN2O5. The van der Waals surface area contributed by atoms with Crippen LogP contribution in [0.15, 0.2) is 29.1 Å². The van der Waals surface area contributed by atoms with Crippen LogP contribution in [-0.2, 0) is 14.3 Å². The van der Waals surface area contributed by atoms with Gasteiger partial charge in [-0.2, -0.15) is 0 Å². The van der Waals surface area contributed by atoms with Crippen molar-refractivity contribution in [2.24, 2.45) is 0 Å². The maximum Gasteiger partial charge on any atom is 0.408 e. The summed E-state index contributed by atoms with van der Waals surface area (Å²) in [5.41, 5.74) is -0.957. The molecule has 26 heavy (non-hydrogen) atoms. The normalized spacial score (nSPS) is 18.7. The first-order valence-electron chi connectivity index (χ1n) is 8.05. The number of carbonyl (C=O) groups excluding carboxylic acids is 2. The summed E-state index contributed by atoms with van der Waals surface area (Å²) < 4.78 is 25.8. The molecule has 0 fully saturated rings. The molecule has 1 amide bonds. The lowest BCUT2D eigenvalue weighted by molar-refractivity contribution is -0.145. The molecule has 0 saturated heterocycles. The Balaban J connectivity index is 2.17. The van der Waals surface area contributed by atoms with E-state index in [1.54, 1.807) is 26.8 Å². The van der Waals surface area contributed by atoms with Crippen LogP contribution < -0.4 is 10.9 Å². The van der Waals surface area contributed by atoms with E-state index in [4.69, 9.17) is 9.47 Å². The highest BCUT2D eigenvalue weighted by atomic mass is 19.1. The number of carbonyl (C=O) groups is 2. The number of benzene rings is 1. The fourth-order valence-electron chi connectivity index (χ4n) is 3.18. The Kier molecular flexibility index (Phi) is 4.21. The van der Waals surface area contributed by atoms with E-state index in [0.29, 0.717) is 5.39 Å². The number of hydrogen-bond acceptors (Lipinski definition) is 5. The zero-order valence-corrected chi connectivity index (χ0v) is 14.8. The average Bonchev–Trinajstić information content (AvgIpc) is 2.87. The third-order valence-electron chi connectivity index (χ3n) is 4.10. The maximum atomic E-state index is 14.6. The number of methoxy groups -OCH3 is 1. The molecule has 0 saturated carbocycles. The van der Waals surface area contributed by atoms with Gasteiger partial charge in [-0.05, 0) is 44.4 Å². The van der Waals surface area contributed by atoms with Crippen molar-refractivity contribution in [3.63, 3.8) is 0 Å². The number of esters is 1. The van der Waals surface area contributed by atoms with E-state index in [0.717, 1.165) is 11.7 Å². The maximum absolute atomic E-state index is 14.6. The van der Waals surface area contributed by atoms with Crippen LogP contribution in [-0.4, -0.2) is 29.3 Å². The Morgan fingerprint density at radius 1 is 1.19 bits per heavy atom. The van der Waals surface area contributed by atoms with Crippen molar-refractivity contribution in [2.75, 3.05) is 7.11 Å². The first-order valence-corrected chi connectivity index (χ1v) is 8.05. The summed E-state index contributed by atoms with van der Waals surface area (Å²) in [4.78, 5) is 37.0. The molecule has 138 valence electrons. The van der Waals surface area contributed by atoms with Crippen LogP contribution in [0.5, 0.6) is 0 Å². The minimum absolute atomic E-state index is 0.0569. The van der Waals surface area contributed by atoms with Gasteiger partial charge in [0, 0.05) is 11.6 Å². The minimum Gasteiger partial charge on any atom is -0.467 e. The molecule has 2 heterocycles. The Labute approximate surface area is 148 Å². The molecule has 1 aromatic heterocycles. The molecule has 1 N–H and O–H groups in total. The number of aromatic nitrogens is 1. The van der Waals surface area contributed by atoms with Gasteiger partial charge in [0.1, 0.15) is 11.4 Å². The lowest BCUT2D eigenvalue weighted by Crippen LogP contribution is -2.40. The van der Waals surface area contributed by atoms with Crippen LogP contribution >= 0.6 is 0 Å². The number of nitrogens with one attached hydrogen (secondary N) is 1. The first-order chi connectivity index (χ1) is 12.1. The molecule has 0 aliphatic carbocycles. The van der Waals surface area contributed by atoms with E-state index in [9.17, 15) is 18.8 Å². The molecule has 7 nitrogen and oxygen atoms in total. The lowest BCUT2D eigenvalue weighted by Gasteiger charge is -2.24. The summed E-state index contributed by atoms with van der Waals surface area (Å²) in [6.07, 6.45) is -0.825. The predicted molar refractivity (Wildman–Crippen MR) is 91.3 cm³/mol. The largest absolute Gasteiger partial charge is 0.467 e. The summed E-state index contributed by atoms with van der Waals surface area (Å²) >= 11 is 0. The predicted octanol–water partition coefficient (Wildman–Crippen LogP) is 2.43. The summed E-state index contributed by atoms with van der Waals surface area (Å²) in [5, 5.41) is 3.09. The van der Waals surface area contributed by atoms with Crippen molar-refractivity contribution >= 4 is 23.0 Å². The minimum atomic E-state index is -1.23. The summed E-state index contributed by atoms with van der Waals surface area (Å²) in [6.45, 7) is 5.04. The van der Waals surface area contributed by atoms with Crippen molar-refractivity contribution < 1.29 is 23.5 Å². The van der Waals surface area contributed by atoms with Gasteiger partial charge in [-0.1, -0.05) is 0 Å². The third-order valence-corrected chi connectivity index (χ3v) is 4.10. The standard InChI is InChI=1S/C18H19FN2O5/c1-18(2,3)26-17(24)20-13-12-10(19)7-5-9-6-8-11(22)21(14(9)12)15(13)16(23)25-4/h5-8,13,15H,1-4H3,(H,20,24)/t13-,15?/m1/s1. The number of pyridine rings is 1. The van der Waals surface area contributed by atoms with Crippen molar-refractivity contribution in [1.82, 2.24) is 9.88 Å². The Morgan fingerprint density at radius 3 is 2.46 bits per heavy atom. The van der Waals surface area contributed by atoms with Gasteiger partial charge in [0.25, 0.3) is 5.56 Å². The van der Waals surface area contributed by atoms with Crippen LogP contribution in [0.1, 0.15) is 38.4 Å². The molecule has 0 bridgehead atoms. The number of rotatable bonds is 2. The molecule has 1 unspecified atom stereocenters. The number of amides is 1. The fraction of sp³-hybridized carbons (Fsp3) is 0.389. The van der Waals surface area contributed by atoms with Crippen LogP contribution in [0.2, 0.25) is 0 Å². The smallest absolute Gasteiger partial charge is 0.408 e. The number of halogens is 1. The first kappa shape index (κ1) is 17.9. The second-order valence-corrected chi connectivity index (χ2v) is 7.03. The van der Waals surface area contributed by atoms with Crippen molar-refractivity contribution in [1.29, 1.82) is 0 Å². The van der Waals surface area contributed by atoms with Crippen LogP contribution in [0, 0.1) is 5.82 Å². The SMILES string of the molecule is COC(=O)C1[C@H](NC(=O)OC(C)(C)C)c2c(F)ccc3ccc(=O)n1c23. The van der Waals surface area contributed by atoms with Gasteiger partial charge in [-0.15, -0.1) is 0 Å². The molecule has 1 aliphatic heterocycles. The molecule has 3 rings (SSSR count). The number of alkyl carbamates (subject to hydrolysis) is 1. The highest BCUT2D eigenvalue weighted by Gasteiger charge is 2.43. The molecule has 1 aliphatic rings. The monoisotopic (exact) mass is 362 g/mol. The molecule has 8 heteroatoms. The zero-order chi connectivity index (χ0) is 19.2. The molecular weight excluding hydrogens is 343 g/mol. The zero-order valence-electron chi connectivity index (χ0n) is 14.8. The lowest BCUT2D eigenvalue weighted by atomic mass is 10.0. The Bertz CT molecular complexity index is 960. The Morgan fingerprint density at radius 2 is 1.85 bits per heavy atom. The third kappa shape index (κ3) is 2.91. The number of nitrogens with zero attached hydrogens (tertiary/aromatic N) is 1. The second-order valence-electron chi connectivity index (χ2n) is 7.03. The van der Waals surface area contributed by atoms with Crippen molar-refractivity contribution in [2.45, 2.75) is 38.5 Å². The summed E-state index contributed by atoms with van der Waals surface area (Å²) in [6, 6.07) is 3.22. The van der Waals surface area contributed by atoms with E-state index in [1.807, 2.05) is 0 Å². The van der Waals surface area contributed by atoms with Crippen molar-refractivity contribution in [3.05, 3.63) is 46.0 Å². The van der Waals surface area contributed by atoms with E-state index in [2.05, 4.69) is 5.32 Å². The molecule has 2 atom stereocenters. The Hall–Kier alpha value is -2.90. The fourth-order valence-corrected chi connectivity index (χ4v) is 3.18. The van der Waals surface area contributed by atoms with E-state index < -0.39 is 41.1 Å². The van der Waals surface area contributed by atoms with E-state index in [-0.39, 0.29) is 11.1 Å². The van der Waals surface area contributed by atoms with Gasteiger partial charge < -0.3 is 14.8 Å². The van der Waals surface area contributed by atoms with Gasteiger partial charge in [-0.25, -0.2) is 14.0 Å². The van der Waals surface area contributed by atoms with E-state index >= 15 is 0 Å². The highest BCUT2D eigenvalue weighted by molar-refractivity contribution is 5.90. The van der Waals surface area contributed by atoms with Gasteiger partial charge in [-0.3, -0.25) is 9.36 Å². The van der Waals surface area contributed by atoms with Crippen molar-refractivity contribution in [3.8, 4) is 0 Å². The second kappa shape index (κ2) is 6.12. The van der Waals surface area contributed by atoms with Crippen LogP contribution in [0.25, 0.3) is 10.9 Å². The molecule has 1 aromatic carbocycles. The molecule has 0 radical (unpaired) electrons. The topological polar surface area (TPSA) is 86.6 Å². The molecule has 2 aromatic rings. The highest BCUT2D eigenvalue weighted by Crippen LogP contribution is 2.41. The van der Waals surface area contributed by atoms with Gasteiger partial charge in [0.2, 0.25) is 0 Å². The summed E-state index contributed by atoms with van der Waals surface area (Å²) in [7, 11) is 1.16. The number of ether oxygens (including phenoxy) is 2. The van der Waals surface area contributed by atoms with Gasteiger partial charge in [0.15, 0.2) is 6.04 Å². The summed E-state index contributed by atoms with van der Waals surface area (Å²) in [5.74, 6) is -1.40. The average molecular weight is 362 g/mol. The van der Waals surface area contributed by atoms with Gasteiger partial charge in [0.05, 0.1) is 18.7 Å².